The van der Waals surface area contributed by atoms with Crippen molar-refractivity contribution in [3.8, 4) is 17.6 Å². The minimum Gasteiger partial charge on any atom is -0.493 e. The van der Waals surface area contributed by atoms with Gasteiger partial charge in [0.15, 0.2) is 11.5 Å². The van der Waals surface area contributed by atoms with Crippen molar-refractivity contribution in [2.45, 2.75) is 79.4 Å². The fourth-order valence-corrected chi connectivity index (χ4v) is 4.48. The monoisotopic (exact) mass is 559 g/mol. The van der Waals surface area contributed by atoms with Gasteiger partial charge < -0.3 is 24.6 Å². The summed E-state index contributed by atoms with van der Waals surface area (Å²) in [5, 5.41) is 27.3. The Bertz CT molecular complexity index is 1000. The summed E-state index contributed by atoms with van der Waals surface area (Å²) >= 11 is 0. The Morgan fingerprint density at radius 3 is 2.40 bits per heavy atom. The van der Waals surface area contributed by atoms with Crippen molar-refractivity contribution in [2.75, 3.05) is 34.0 Å². The van der Waals surface area contributed by atoms with E-state index in [1.165, 1.54) is 0 Å². The molecule has 0 aliphatic heterocycles. The average Bonchev–Trinajstić information content (AvgIpc) is 2.91. The van der Waals surface area contributed by atoms with Crippen LogP contribution in [0.1, 0.15) is 66.4 Å². The number of amides is 1. The van der Waals surface area contributed by atoms with Crippen LogP contribution in [-0.4, -0.2) is 57.1 Å². The highest BCUT2D eigenvalue weighted by atomic mass is 16.5. The molecule has 0 fully saturated rings. The topological polar surface area (TPSA) is 150 Å². The lowest BCUT2D eigenvalue weighted by atomic mass is 9.80. The summed E-state index contributed by atoms with van der Waals surface area (Å²) in [7, 11) is 3.26. The lowest BCUT2D eigenvalue weighted by Gasteiger charge is -2.30. The largest absolute Gasteiger partial charge is 0.493 e. The highest BCUT2D eigenvalue weighted by Crippen LogP contribution is 2.32. The number of nitrogens with zero attached hydrogens (tertiary/aromatic N) is 4. The van der Waals surface area contributed by atoms with Gasteiger partial charge in [0, 0.05) is 37.5 Å². The van der Waals surface area contributed by atoms with Crippen LogP contribution in [0, 0.1) is 40.4 Å². The Hall–Kier alpha value is -2.99. The number of benzene rings is 1. The van der Waals surface area contributed by atoms with E-state index >= 15 is 0 Å². The Morgan fingerprint density at radius 2 is 1.85 bits per heavy atom. The Morgan fingerprint density at radius 1 is 1.15 bits per heavy atom. The number of carbonyl (C=O) groups excluding carboxylic acids is 1. The maximum atomic E-state index is 13.0. The van der Waals surface area contributed by atoms with E-state index in [2.05, 4.69) is 35.3 Å². The third-order valence-corrected chi connectivity index (χ3v) is 7.25. The van der Waals surface area contributed by atoms with Gasteiger partial charge >= 0.3 is 0 Å². The molecule has 224 valence electrons. The number of ether oxygens (including phenoxy) is 3. The molecule has 1 amide bonds. The van der Waals surface area contributed by atoms with Gasteiger partial charge in [-0.25, -0.2) is 0 Å². The number of aliphatic hydroxyl groups excluding tert-OH is 1. The molecule has 0 aromatic heterocycles. The molecule has 0 unspecified atom stereocenters. The second kappa shape index (κ2) is 17.6. The van der Waals surface area contributed by atoms with E-state index < -0.39 is 23.5 Å². The fourth-order valence-electron chi connectivity index (χ4n) is 4.48. The zero-order valence-corrected chi connectivity index (χ0v) is 25.5. The summed E-state index contributed by atoms with van der Waals surface area (Å²) in [6.07, 6.45) is 1.09. The van der Waals surface area contributed by atoms with Crippen molar-refractivity contribution in [3.05, 3.63) is 34.2 Å². The number of rotatable bonds is 19. The molecule has 4 atom stereocenters. The Labute approximate surface area is 240 Å². The fraction of sp³-hybridized carbons (Fsp3) is 0.733. The van der Waals surface area contributed by atoms with E-state index in [-0.39, 0.29) is 36.6 Å². The molecule has 0 bridgehead atoms. The van der Waals surface area contributed by atoms with Gasteiger partial charge in [0.1, 0.15) is 0 Å². The first-order valence-electron chi connectivity index (χ1n) is 14.1. The SMILES string of the molecule is COCCCOc1cc(C[C@@H](C[C@H](N=[N+]=[N-])[C@@H](O)C[C@H](C(=O)NCC(C)(C)C#N)C(C)C)C(C)C)ccc1OC. The van der Waals surface area contributed by atoms with Gasteiger partial charge in [-0.2, -0.15) is 5.26 Å². The second-order valence-corrected chi connectivity index (χ2v) is 11.8. The average molecular weight is 560 g/mol. The number of azide groups is 1. The van der Waals surface area contributed by atoms with Crippen LogP contribution in [0.5, 0.6) is 11.5 Å². The van der Waals surface area contributed by atoms with Crippen LogP contribution in [0.25, 0.3) is 10.4 Å². The molecule has 1 aromatic rings. The van der Waals surface area contributed by atoms with Crippen molar-refractivity contribution < 1.29 is 24.1 Å². The molecule has 0 aliphatic rings. The smallest absolute Gasteiger partial charge is 0.223 e. The van der Waals surface area contributed by atoms with Crippen LogP contribution < -0.4 is 14.8 Å². The molecule has 0 aliphatic carbocycles. The van der Waals surface area contributed by atoms with Gasteiger partial charge in [0.25, 0.3) is 0 Å². The van der Waals surface area contributed by atoms with Crippen LogP contribution >= 0.6 is 0 Å². The normalized spacial score (nSPS) is 14.6. The van der Waals surface area contributed by atoms with Gasteiger partial charge in [-0.1, -0.05) is 38.9 Å². The molecule has 2 N–H and O–H groups in total. The first kappa shape index (κ1) is 35.0. The van der Waals surface area contributed by atoms with Crippen molar-refractivity contribution in [1.82, 2.24) is 5.32 Å². The molecule has 0 heterocycles. The number of hydrogen-bond donors (Lipinski definition) is 2. The van der Waals surface area contributed by atoms with E-state index in [4.69, 9.17) is 14.2 Å². The number of nitrogens with one attached hydrogen (secondary N) is 1. The maximum absolute atomic E-state index is 13.0. The molecule has 0 radical (unpaired) electrons. The molecule has 40 heavy (non-hydrogen) atoms. The number of methoxy groups -OCH3 is 2. The quantitative estimate of drug-likeness (QED) is 0.0963. The lowest BCUT2D eigenvalue weighted by Crippen LogP contribution is -2.41. The van der Waals surface area contributed by atoms with E-state index in [9.17, 15) is 20.7 Å². The summed E-state index contributed by atoms with van der Waals surface area (Å²) in [6.45, 7) is 12.9. The van der Waals surface area contributed by atoms with Crippen LogP contribution in [0.15, 0.2) is 23.3 Å². The van der Waals surface area contributed by atoms with E-state index in [0.29, 0.717) is 37.6 Å². The van der Waals surface area contributed by atoms with Gasteiger partial charge in [-0.05, 0) is 74.1 Å². The Kier molecular flexibility index (Phi) is 15.5. The molecule has 10 heteroatoms. The van der Waals surface area contributed by atoms with Gasteiger partial charge in [-0.3, -0.25) is 4.79 Å². The van der Waals surface area contributed by atoms with Gasteiger partial charge in [0.2, 0.25) is 5.91 Å². The van der Waals surface area contributed by atoms with Crippen LogP contribution in [0.2, 0.25) is 0 Å². The van der Waals surface area contributed by atoms with Crippen LogP contribution in [-0.2, 0) is 16.0 Å². The first-order valence-corrected chi connectivity index (χ1v) is 14.1. The van der Waals surface area contributed by atoms with E-state index in [0.717, 1.165) is 12.0 Å². The minimum atomic E-state index is -0.991. The van der Waals surface area contributed by atoms with Crippen molar-refractivity contribution in [1.29, 1.82) is 5.26 Å². The minimum absolute atomic E-state index is 0.0472. The zero-order valence-electron chi connectivity index (χ0n) is 25.5. The third-order valence-electron chi connectivity index (χ3n) is 7.25. The standard InChI is InChI=1S/C30H49N5O5/c1-20(2)23(14-22-10-11-27(39-8)28(15-22)40-13-9-12-38-7)16-25(34-35-32)26(36)17-24(21(3)4)29(37)33-19-30(5,6)18-31/h10-11,15,20-21,23-26,36H,9,12-14,16-17,19H2,1-8H3,(H,33,37)/t23-,24-,25-,26-/m0/s1. The highest BCUT2D eigenvalue weighted by molar-refractivity contribution is 5.79. The molecule has 0 saturated heterocycles. The third kappa shape index (κ3) is 12.0. The van der Waals surface area contributed by atoms with Gasteiger partial charge in [0.05, 0.1) is 37.3 Å². The number of carbonyl (C=O) groups is 1. The van der Waals surface area contributed by atoms with Crippen LogP contribution in [0.4, 0.5) is 0 Å². The number of hydrogen-bond acceptors (Lipinski definition) is 7. The van der Waals surface area contributed by atoms with E-state index in [1.54, 1.807) is 28.1 Å². The highest BCUT2D eigenvalue weighted by Gasteiger charge is 2.32. The maximum Gasteiger partial charge on any atom is 0.223 e. The molecule has 0 saturated carbocycles. The van der Waals surface area contributed by atoms with E-state index in [1.807, 2.05) is 32.0 Å². The number of aliphatic hydroxyl groups is 1. The van der Waals surface area contributed by atoms with Crippen molar-refractivity contribution in [2.24, 2.45) is 34.2 Å². The van der Waals surface area contributed by atoms with Crippen LogP contribution in [0.3, 0.4) is 0 Å². The summed E-state index contributed by atoms with van der Waals surface area (Å²) in [5.41, 5.74) is 9.65. The van der Waals surface area contributed by atoms with Gasteiger partial charge in [-0.15, -0.1) is 0 Å². The summed E-state index contributed by atoms with van der Waals surface area (Å²) in [4.78, 5) is 16.0. The summed E-state index contributed by atoms with van der Waals surface area (Å²) < 4.78 is 16.5. The first-order chi connectivity index (χ1) is 18.9. The van der Waals surface area contributed by atoms with Crippen molar-refractivity contribution >= 4 is 5.91 Å². The predicted molar refractivity (Wildman–Crippen MR) is 156 cm³/mol. The second-order valence-electron chi connectivity index (χ2n) is 11.8. The lowest BCUT2D eigenvalue weighted by molar-refractivity contribution is -0.128. The molecular weight excluding hydrogens is 510 g/mol. The summed E-state index contributed by atoms with van der Waals surface area (Å²) in [5.74, 6) is 0.911. The predicted octanol–water partition coefficient (Wildman–Crippen LogP) is 5.68. The number of nitriles is 1. The molecule has 1 aromatic carbocycles. The molecule has 10 nitrogen and oxygen atoms in total. The van der Waals surface area contributed by atoms with Crippen molar-refractivity contribution in [3.63, 3.8) is 0 Å². The Balaban J connectivity index is 3.04. The molecule has 1 rings (SSSR count). The molecular formula is C30H49N5O5. The molecule has 0 spiro atoms. The zero-order chi connectivity index (χ0) is 30.3. The summed E-state index contributed by atoms with van der Waals surface area (Å²) in [6, 6.07) is 7.35.